The van der Waals surface area contributed by atoms with Crippen LogP contribution < -0.4 is 9.64 Å². The van der Waals surface area contributed by atoms with Crippen molar-refractivity contribution in [3.63, 3.8) is 0 Å². The summed E-state index contributed by atoms with van der Waals surface area (Å²) in [5.74, 6) is 1.70. The Balaban J connectivity index is 1.48. The summed E-state index contributed by atoms with van der Waals surface area (Å²) in [7, 11) is 0. The van der Waals surface area contributed by atoms with Crippen LogP contribution in [0.15, 0.2) is 54.6 Å². The van der Waals surface area contributed by atoms with Crippen molar-refractivity contribution < 1.29 is 13.9 Å². The van der Waals surface area contributed by atoms with E-state index >= 15 is 0 Å². The van der Waals surface area contributed by atoms with E-state index in [2.05, 4.69) is 11.8 Å². The Kier molecular flexibility index (Phi) is 5.94. The van der Waals surface area contributed by atoms with E-state index in [9.17, 15) is 9.18 Å². The van der Waals surface area contributed by atoms with Crippen LogP contribution in [0.25, 0.3) is 0 Å². The molecule has 1 saturated heterocycles. The third kappa shape index (κ3) is 4.67. The molecule has 5 rings (SSSR count). The number of nitrogens with zero attached hydrogens (tertiary/aromatic N) is 4. The van der Waals surface area contributed by atoms with Gasteiger partial charge in [0.1, 0.15) is 11.6 Å². The normalized spacial score (nSPS) is 16.4. The lowest BCUT2D eigenvalue weighted by Crippen LogP contribution is -2.38. The third-order valence-corrected chi connectivity index (χ3v) is 6.40. The highest BCUT2D eigenvalue weighted by Crippen LogP contribution is 2.33. The summed E-state index contributed by atoms with van der Waals surface area (Å²) in [5.41, 5.74) is 2.32. The van der Waals surface area contributed by atoms with Gasteiger partial charge in [-0.05, 0) is 43.0 Å². The molecule has 2 aliphatic rings. The van der Waals surface area contributed by atoms with Gasteiger partial charge in [-0.15, -0.1) is 0 Å². The molecule has 0 radical (unpaired) electrons. The van der Waals surface area contributed by atoms with Crippen LogP contribution >= 0.6 is 0 Å². The zero-order chi connectivity index (χ0) is 22.8. The molecular formula is C26H27FN4O2. The predicted molar refractivity (Wildman–Crippen MR) is 124 cm³/mol. The number of benzene rings is 2. The number of rotatable bonds is 4. The lowest BCUT2D eigenvalue weighted by molar-refractivity contribution is 0.0732. The number of piperidine rings is 1. The van der Waals surface area contributed by atoms with Crippen molar-refractivity contribution in [2.24, 2.45) is 5.92 Å². The summed E-state index contributed by atoms with van der Waals surface area (Å²) in [6.45, 7) is 5.00. The van der Waals surface area contributed by atoms with Crippen LogP contribution in [0.2, 0.25) is 0 Å². The number of amides is 1. The Morgan fingerprint density at radius 3 is 2.58 bits per heavy atom. The predicted octanol–water partition coefficient (Wildman–Crippen LogP) is 4.84. The largest absolute Gasteiger partial charge is 0.438 e. The maximum atomic E-state index is 13.8. The third-order valence-electron chi connectivity index (χ3n) is 6.40. The molecule has 3 aromatic rings. The van der Waals surface area contributed by atoms with E-state index in [-0.39, 0.29) is 11.7 Å². The second-order valence-electron chi connectivity index (χ2n) is 8.83. The van der Waals surface area contributed by atoms with Crippen molar-refractivity contribution in [2.45, 2.75) is 32.7 Å². The Bertz CT molecular complexity index is 1150. The van der Waals surface area contributed by atoms with Crippen LogP contribution in [0.1, 0.15) is 41.4 Å². The molecule has 1 aromatic heterocycles. The smallest absolute Gasteiger partial charge is 0.254 e. The van der Waals surface area contributed by atoms with Crippen molar-refractivity contribution in [1.29, 1.82) is 0 Å². The lowest BCUT2D eigenvalue weighted by atomic mass is 9.99. The molecule has 0 atom stereocenters. The van der Waals surface area contributed by atoms with E-state index in [4.69, 9.17) is 14.7 Å². The molecule has 0 N–H and O–H groups in total. The van der Waals surface area contributed by atoms with Crippen molar-refractivity contribution >= 4 is 11.9 Å². The maximum Gasteiger partial charge on any atom is 0.254 e. The van der Waals surface area contributed by atoms with E-state index < -0.39 is 0 Å². The van der Waals surface area contributed by atoms with Gasteiger partial charge in [-0.1, -0.05) is 31.2 Å². The van der Waals surface area contributed by atoms with Crippen LogP contribution in [0, 0.1) is 11.7 Å². The van der Waals surface area contributed by atoms with Gasteiger partial charge in [0.2, 0.25) is 11.8 Å². The second-order valence-corrected chi connectivity index (χ2v) is 8.83. The fourth-order valence-electron chi connectivity index (χ4n) is 4.38. The minimum atomic E-state index is -0.374. The molecular weight excluding hydrogens is 419 g/mol. The van der Waals surface area contributed by atoms with Gasteiger partial charge >= 0.3 is 0 Å². The quantitative estimate of drug-likeness (QED) is 0.574. The van der Waals surface area contributed by atoms with E-state index in [1.54, 1.807) is 17.0 Å². The summed E-state index contributed by atoms with van der Waals surface area (Å²) < 4.78 is 19.9. The van der Waals surface area contributed by atoms with Gasteiger partial charge in [-0.25, -0.2) is 9.37 Å². The number of ether oxygens (including phenoxy) is 1. The number of hydrogen-bond donors (Lipinski definition) is 0. The van der Waals surface area contributed by atoms with Crippen molar-refractivity contribution in [2.75, 3.05) is 24.5 Å². The molecule has 33 heavy (non-hydrogen) atoms. The minimum absolute atomic E-state index is 0.0351. The van der Waals surface area contributed by atoms with E-state index in [1.165, 1.54) is 12.1 Å². The zero-order valence-corrected chi connectivity index (χ0v) is 18.7. The first-order valence-corrected chi connectivity index (χ1v) is 11.5. The molecule has 0 bridgehead atoms. The SMILES string of the molecule is CC1CCN(c2nc3c(c(Oc4cccc(F)c4)n2)CN(C(=O)c2ccccc2)CC3)CC1. The Morgan fingerprint density at radius 1 is 1.03 bits per heavy atom. The first-order chi connectivity index (χ1) is 16.1. The van der Waals surface area contributed by atoms with Crippen LogP contribution in [0.3, 0.4) is 0 Å². The summed E-state index contributed by atoms with van der Waals surface area (Å²) in [6, 6.07) is 15.3. The molecule has 7 heteroatoms. The summed E-state index contributed by atoms with van der Waals surface area (Å²) >= 11 is 0. The number of hydrogen-bond acceptors (Lipinski definition) is 5. The number of aromatic nitrogens is 2. The molecule has 2 aliphatic heterocycles. The molecule has 0 aliphatic carbocycles. The highest BCUT2D eigenvalue weighted by atomic mass is 19.1. The average Bonchev–Trinajstić information content (AvgIpc) is 2.84. The second kappa shape index (κ2) is 9.17. The van der Waals surface area contributed by atoms with Gasteiger partial charge in [-0.3, -0.25) is 4.79 Å². The Hall–Kier alpha value is -3.48. The molecule has 0 saturated carbocycles. The summed E-state index contributed by atoms with van der Waals surface area (Å²) in [5, 5.41) is 0. The van der Waals surface area contributed by atoms with Gasteiger partial charge < -0.3 is 14.5 Å². The van der Waals surface area contributed by atoms with Crippen LogP contribution in [-0.2, 0) is 13.0 Å². The molecule has 3 heterocycles. The lowest BCUT2D eigenvalue weighted by Gasteiger charge is -2.33. The van der Waals surface area contributed by atoms with E-state index in [0.29, 0.717) is 48.6 Å². The van der Waals surface area contributed by atoms with Gasteiger partial charge in [0.15, 0.2) is 0 Å². The number of carbonyl (C=O) groups is 1. The first kappa shape index (κ1) is 21.4. The fraction of sp³-hybridized carbons (Fsp3) is 0.346. The number of halogens is 1. The van der Waals surface area contributed by atoms with Crippen LogP contribution in [0.4, 0.5) is 10.3 Å². The molecule has 2 aromatic carbocycles. The zero-order valence-electron chi connectivity index (χ0n) is 18.7. The maximum absolute atomic E-state index is 13.8. The van der Waals surface area contributed by atoms with Gasteiger partial charge in [0, 0.05) is 37.7 Å². The fourth-order valence-corrected chi connectivity index (χ4v) is 4.38. The highest BCUT2D eigenvalue weighted by Gasteiger charge is 2.29. The molecule has 1 amide bonds. The average molecular weight is 447 g/mol. The van der Waals surface area contributed by atoms with Gasteiger partial charge in [0.25, 0.3) is 5.91 Å². The van der Waals surface area contributed by atoms with E-state index in [1.807, 2.05) is 30.3 Å². The molecule has 0 unspecified atom stereocenters. The summed E-state index contributed by atoms with van der Waals surface area (Å²) in [4.78, 5) is 26.7. The standard InChI is InChI=1S/C26H27FN4O2/c1-18-10-13-30(14-11-18)26-28-23-12-15-31(25(32)19-6-3-2-4-7-19)17-22(23)24(29-26)33-21-9-5-8-20(27)16-21/h2-9,16,18H,10-15,17H2,1H3. The van der Waals surface area contributed by atoms with Crippen molar-refractivity contribution in [3.05, 3.63) is 77.2 Å². The van der Waals surface area contributed by atoms with E-state index in [0.717, 1.165) is 37.2 Å². The van der Waals surface area contributed by atoms with Gasteiger partial charge in [-0.2, -0.15) is 4.98 Å². The van der Waals surface area contributed by atoms with Gasteiger partial charge in [0.05, 0.1) is 17.8 Å². The van der Waals surface area contributed by atoms with Crippen LogP contribution in [-0.4, -0.2) is 40.4 Å². The molecule has 0 spiro atoms. The number of carbonyl (C=O) groups excluding carboxylic acids is 1. The molecule has 170 valence electrons. The Morgan fingerprint density at radius 2 is 1.82 bits per heavy atom. The Labute approximate surface area is 193 Å². The van der Waals surface area contributed by atoms with Crippen LogP contribution in [0.5, 0.6) is 11.6 Å². The number of fused-ring (bicyclic) bond motifs is 1. The number of anilines is 1. The van der Waals surface area contributed by atoms with Crippen molar-refractivity contribution in [1.82, 2.24) is 14.9 Å². The summed E-state index contributed by atoms with van der Waals surface area (Å²) in [6.07, 6.45) is 2.81. The minimum Gasteiger partial charge on any atom is -0.438 e. The monoisotopic (exact) mass is 446 g/mol. The molecule has 6 nitrogen and oxygen atoms in total. The topological polar surface area (TPSA) is 58.6 Å². The van der Waals surface area contributed by atoms with Crippen molar-refractivity contribution in [3.8, 4) is 11.6 Å². The molecule has 1 fully saturated rings. The highest BCUT2D eigenvalue weighted by molar-refractivity contribution is 5.94. The first-order valence-electron chi connectivity index (χ1n) is 11.5.